The first-order valence-corrected chi connectivity index (χ1v) is 22.1. The number of unbranched alkanes of at least 4 members (excludes halogenated alkanes) is 24. The smallest absolute Gasteiger partial charge is 0.308 e. The number of hydrogen-bond acceptors (Lipinski definition) is 5. The summed E-state index contributed by atoms with van der Waals surface area (Å²) in [5.74, 6) is 0.193. The molecule has 0 saturated heterocycles. The molecule has 0 saturated carbocycles. The highest BCUT2D eigenvalue weighted by Crippen LogP contribution is 2.21. The molecule has 0 aromatic heterocycles. The highest BCUT2D eigenvalue weighted by Gasteiger charge is 2.19. The topological polar surface area (TPSA) is 55.8 Å². The molecular formula is C44H87NO4. The Hall–Kier alpha value is -1.10. The zero-order chi connectivity index (χ0) is 35.9. The molecule has 0 aliphatic heterocycles. The van der Waals surface area contributed by atoms with Crippen molar-refractivity contribution in [1.82, 2.24) is 4.90 Å². The van der Waals surface area contributed by atoms with E-state index in [1.807, 2.05) is 0 Å². The van der Waals surface area contributed by atoms with Gasteiger partial charge in [-0.05, 0) is 64.6 Å². The highest BCUT2D eigenvalue weighted by molar-refractivity contribution is 5.72. The van der Waals surface area contributed by atoms with Crippen LogP contribution in [0.15, 0.2) is 0 Å². The molecule has 5 heteroatoms. The molecule has 292 valence electrons. The second-order valence-electron chi connectivity index (χ2n) is 15.0. The number of esters is 2. The van der Waals surface area contributed by atoms with Crippen molar-refractivity contribution in [2.24, 2.45) is 5.92 Å². The lowest BCUT2D eigenvalue weighted by Crippen LogP contribution is -2.25. The monoisotopic (exact) mass is 694 g/mol. The van der Waals surface area contributed by atoms with Crippen LogP contribution in [0, 0.1) is 5.92 Å². The summed E-state index contributed by atoms with van der Waals surface area (Å²) in [5.41, 5.74) is 0. The van der Waals surface area contributed by atoms with E-state index in [2.05, 4.69) is 32.6 Å². The summed E-state index contributed by atoms with van der Waals surface area (Å²) < 4.78 is 11.2. The zero-order valence-electron chi connectivity index (χ0n) is 33.8. The average molecular weight is 694 g/mol. The Labute approximate surface area is 307 Å². The first-order valence-electron chi connectivity index (χ1n) is 22.1. The Bertz CT molecular complexity index is 668. The molecule has 0 aromatic rings. The van der Waals surface area contributed by atoms with Crippen LogP contribution in [0.2, 0.25) is 0 Å². The molecule has 0 atom stereocenters. The Morgan fingerprint density at radius 2 is 0.796 bits per heavy atom. The van der Waals surface area contributed by atoms with Gasteiger partial charge in [0.25, 0.3) is 0 Å². The van der Waals surface area contributed by atoms with Crippen molar-refractivity contribution in [3.8, 4) is 0 Å². The maximum atomic E-state index is 12.9. The van der Waals surface area contributed by atoms with Crippen LogP contribution >= 0.6 is 0 Å². The summed E-state index contributed by atoms with van der Waals surface area (Å²) >= 11 is 0. The molecule has 0 radical (unpaired) electrons. The summed E-state index contributed by atoms with van der Waals surface area (Å²) in [4.78, 5) is 27.5. The first kappa shape index (κ1) is 47.9. The maximum Gasteiger partial charge on any atom is 0.308 e. The van der Waals surface area contributed by atoms with Crippen LogP contribution < -0.4 is 0 Å². The van der Waals surface area contributed by atoms with Crippen molar-refractivity contribution in [1.29, 1.82) is 0 Å². The summed E-state index contributed by atoms with van der Waals surface area (Å²) in [6.45, 7) is 13.8. The van der Waals surface area contributed by atoms with Crippen LogP contribution in [0.5, 0.6) is 0 Å². The van der Waals surface area contributed by atoms with Crippen LogP contribution in [0.3, 0.4) is 0 Å². The molecule has 0 fully saturated rings. The van der Waals surface area contributed by atoms with Crippen molar-refractivity contribution in [2.45, 2.75) is 233 Å². The van der Waals surface area contributed by atoms with Gasteiger partial charge in [0.2, 0.25) is 0 Å². The summed E-state index contributed by atoms with van der Waals surface area (Å²) in [5, 5.41) is 0. The van der Waals surface area contributed by atoms with Crippen molar-refractivity contribution >= 4 is 11.9 Å². The Morgan fingerprint density at radius 1 is 0.429 bits per heavy atom. The lowest BCUT2D eigenvalue weighted by atomic mass is 9.94. The van der Waals surface area contributed by atoms with Crippen LogP contribution in [0.25, 0.3) is 0 Å². The minimum Gasteiger partial charge on any atom is -0.466 e. The van der Waals surface area contributed by atoms with E-state index in [4.69, 9.17) is 9.47 Å². The standard InChI is InChI=1S/C44H87NO4/c1-5-9-12-15-18-26-33-40-48-43(46)37-30-23-19-24-31-38-45(8-4)39-32-25-20-27-34-41-49-44(47)42(35-28-21-16-13-10-6-2)36-29-22-17-14-11-7-3/h42H,5-41H2,1-4H3. The molecule has 0 heterocycles. The number of carbonyl (C=O) groups is 2. The lowest BCUT2D eigenvalue weighted by Gasteiger charge is -2.20. The van der Waals surface area contributed by atoms with Gasteiger partial charge in [-0.1, -0.05) is 182 Å². The van der Waals surface area contributed by atoms with E-state index in [1.165, 1.54) is 167 Å². The third kappa shape index (κ3) is 35.1. The van der Waals surface area contributed by atoms with Gasteiger partial charge in [-0.3, -0.25) is 9.59 Å². The largest absolute Gasteiger partial charge is 0.466 e. The third-order valence-electron chi connectivity index (χ3n) is 10.3. The van der Waals surface area contributed by atoms with Crippen LogP contribution in [0.4, 0.5) is 0 Å². The average Bonchev–Trinajstić information content (AvgIpc) is 3.10. The fourth-order valence-corrected chi connectivity index (χ4v) is 6.86. The molecule has 0 N–H and O–H groups in total. The summed E-state index contributed by atoms with van der Waals surface area (Å²) in [7, 11) is 0. The Balaban J connectivity index is 3.84. The molecule has 0 spiro atoms. The van der Waals surface area contributed by atoms with Crippen molar-refractivity contribution in [2.75, 3.05) is 32.8 Å². The summed E-state index contributed by atoms with van der Waals surface area (Å²) in [6, 6.07) is 0. The van der Waals surface area contributed by atoms with E-state index in [9.17, 15) is 9.59 Å². The van der Waals surface area contributed by atoms with Gasteiger partial charge in [-0.15, -0.1) is 0 Å². The van der Waals surface area contributed by atoms with Crippen LogP contribution in [0.1, 0.15) is 233 Å². The van der Waals surface area contributed by atoms with Crippen molar-refractivity contribution in [3.05, 3.63) is 0 Å². The third-order valence-corrected chi connectivity index (χ3v) is 10.3. The molecule has 49 heavy (non-hydrogen) atoms. The van der Waals surface area contributed by atoms with E-state index in [-0.39, 0.29) is 17.9 Å². The zero-order valence-corrected chi connectivity index (χ0v) is 33.8. The fourth-order valence-electron chi connectivity index (χ4n) is 6.86. The number of rotatable bonds is 40. The quantitative estimate of drug-likeness (QED) is 0.0472. The molecular weight excluding hydrogens is 606 g/mol. The number of hydrogen-bond donors (Lipinski definition) is 0. The van der Waals surface area contributed by atoms with Crippen LogP contribution in [-0.2, 0) is 19.1 Å². The van der Waals surface area contributed by atoms with Gasteiger partial charge in [0, 0.05) is 6.42 Å². The molecule has 0 bridgehead atoms. The predicted molar refractivity (Wildman–Crippen MR) is 212 cm³/mol. The minimum atomic E-state index is -0.00426. The Kier molecular flexibility index (Phi) is 38.8. The van der Waals surface area contributed by atoms with E-state index in [0.29, 0.717) is 19.6 Å². The Morgan fingerprint density at radius 3 is 1.24 bits per heavy atom. The van der Waals surface area contributed by atoms with E-state index < -0.39 is 0 Å². The molecule has 0 aromatic carbocycles. The van der Waals surface area contributed by atoms with E-state index in [0.717, 1.165) is 51.5 Å². The number of carbonyl (C=O) groups excluding carboxylic acids is 2. The van der Waals surface area contributed by atoms with Gasteiger partial charge in [0.15, 0.2) is 0 Å². The molecule has 0 unspecified atom stereocenters. The highest BCUT2D eigenvalue weighted by atomic mass is 16.5. The lowest BCUT2D eigenvalue weighted by molar-refractivity contribution is -0.149. The predicted octanol–water partition coefficient (Wildman–Crippen LogP) is 13.6. The van der Waals surface area contributed by atoms with Crippen molar-refractivity contribution in [3.63, 3.8) is 0 Å². The summed E-state index contributed by atoms with van der Waals surface area (Å²) in [6.07, 6.45) is 38.5. The molecule has 0 rings (SSSR count). The molecule has 0 aliphatic rings. The van der Waals surface area contributed by atoms with Gasteiger partial charge in [0.05, 0.1) is 19.1 Å². The van der Waals surface area contributed by atoms with Crippen LogP contribution in [-0.4, -0.2) is 49.7 Å². The second kappa shape index (κ2) is 39.7. The SMILES string of the molecule is CCCCCCCCCOC(=O)CCCCCCCN(CC)CCCCCCCOC(=O)C(CCCCCCCC)CCCCCCCC. The van der Waals surface area contributed by atoms with Gasteiger partial charge in [-0.25, -0.2) is 0 Å². The molecule has 5 nitrogen and oxygen atoms in total. The second-order valence-corrected chi connectivity index (χ2v) is 15.0. The maximum absolute atomic E-state index is 12.9. The van der Waals surface area contributed by atoms with Gasteiger partial charge in [-0.2, -0.15) is 0 Å². The van der Waals surface area contributed by atoms with Gasteiger partial charge >= 0.3 is 11.9 Å². The number of ether oxygens (including phenoxy) is 2. The molecule has 0 amide bonds. The van der Waals surface area contributed by atoms with E-state index >= 15 is 0 Å². The van der Waals surface area contributed by atoms with Gasteiger partial charge in [0.1, 0.15) is 0 Å². The molecule has 0 aliphatic carbocycles. The van der Waals surface area contributed by atoms with E-state index in [1.54, 1.807) is 0 Å². The van der Waals surface area contributed by atoms with Crippen molar-refractivity contribution < 1.29 is 19.1 Å². The van der Waals surface area contributed by atoms with Gasteiger partial charge < -0.3 is 14.4 Å². The number of nitrogens with zero attached hydrogens (tertiary/aromatic N) is 1. The fraction of sp³-hybridized carbons (Fsp3) is 0.955. The normalized spacial score (nSPS) is 11.6. The minimum absolute atomic E-state index is 0.00426. The first-order chi connectivity index (χ1) is 24.1.